The van der Waals surface area contributed by atoms with E-state index in [1.807, 2.05) is 30.3 Å². The van der Waals surface area contributed by atoms with Crippen molar-refractivity contribution in [3.05, 3.63) is 30.3 Å². The van der Waals surface area contributed by atoms with E-state index in [9.17, 15) is 4.79 Å². The van der Waals surface area contributed by atoms with Crippen LogP contribution in [0.2, 0.25) is 0 Å². The van der Waals surface area contributed by atoms with E-state index in [1.165, 1.54) is 16.4 Å². The normalized spacial score (nSPS) is 15.0. The van der Waals surface area contributed by atoms with Crippen LogP contribution in [0.4, 0.5) is 0 Å². The molecule has 0 aliphatic carbocycles. The van der Waals surface area contributed by atoms with E-state index < -0.39 is 0 Å². The molecule has 3 rings (SSSR count). The molecule has 1 fully saturated rings. The molecule has 1 aromatic heterocycles. The second-order valence-electron chi connectivity index (χ2n) is 4.82. The Balaban J connectivity index is 1.64. The molecule has 116 valence electrons. The highest BCUT2D eigenvalue weighted by Gasteiger charge is 2.19. The lowest BCUT2D eigenvalue weighted by Crippen LogP contribution is -2.41. The summed E-state index contributed by atoms with van der Waals surface area (Å²) in [4.78, 5) is 13.9. The minimum Gasteiger partial charge on any atom is -0.378 e. The quantitative estimate of drug-likeness (QED) is 0.656. The van der Waals surface area contributed by atoms with Crippen molar-refractivity contribution in [1.29, 1.82) is 0 Å². The molecule has 0 radical (unpaired) electrons. The fraction of sp³-hybridized carbons (Fsp3) is 0.357. The van der Waals surface area contributed by atoms with Gasteiger partial charge in [0.1, 0.15) is 0 Å². The second-order valence-corrected chi connectivity index (χ2v) is 5.77. The third-order valence-electron chi connectivity index (χ3n) is 3.39. The zero-order chi connectivity index (χ0) is 15.4. The van der Waals surface area contributed by atoms with Crippen LogP contribution in [0.5, 0.6) is 0 Å². The first-order valence-electron chi connectivity index (χ1n) is 7.00. The van der Waals surface area contributed by atoms with Crippen molar-refractivity contribution in [1.82, 2.24) is 19.8 Å². The Hall–Kier alpha value is -2.06. The number of thioether (sulfide) groups is 1. The predicted octanol–water partition coefficient (Wildman–Crippen LogP) is 0.610. The first kappa shape index (κ1) is 14.9. The monoisotopic (exact) mass is 319 g/mol. The molecule has 8 heteroatoms. The molecule has 22 heavy (non-hydrogen) atoms. The number of rotatable bonds is 4. The summed E-state index contributed by atoms with van der Waals surface area (Å²) in [6, 6.07) is 9.59. The summed E-state index contributed by atoms with van der Waals surface area (Å²) in [6.07, 6.45) is 0. The standard InChI is InChI=1S/C14H17N5O2S/c15-19-13(11-4-2-1-3-5-11)16-17-14(19)22-10-12(20)18-6-8-21-9-7-18/h1-5H,6-10,15H2. The largest absolute Gasteiger partial charge is 0.378 e. The zero-order valence-electron chi connectivity index (χ0n) is 12.0. The Labute approximate surface area is 132 Å². The molecule has 1 aliphatic heterocycles. The first-order valence-corrected chi connectivity index (χ1v) is 7.98. The number of nitrogens with zero attached hydrogens (tertiary/aromatic N) is 4. The number of nitrogen functional groups attached to an aromatic ring is 1. The van der Waals surface area contributed by atoms with E-state index in [1.54, 1.807) is 4.90 Å². The van der Waals surface area contributed by atoms with Gasteiger partial charge in [0.25, 0.3) is 0 Å². The van der Waals surface area contributed by atoms with Crippen LogP contribution in [0.3, 0.4) is 0 Å². The fourth-order valence-corrected chi connectivity index (χ4v) is 2.95. The summed E-state index contributed by atoms with van der Waals surface area (Å²) in [7, 11) is 0. The maximum absolute atomic E-state index is 12.1. The summed E-state index contributed by atoms with van der Waals surface area (Å²) in [6.45, 7) is 2.48. The van der Waals surface area contributed by atoms with Crippen molar-refractivity contribution in [2.45, 2.75) is 5.16 Å². The summed E-state index contributed by atoms with van der Waals surface area (Å²) >= 11 is 1.30. The zero-order valence-corrected chi connectivity index (χ0v) is 12.8. The smallest absolute Gasteiger partial charge is 0.233 e. The van der Waals surface area contributed by atoms with Crippen molar-refractivity contribution in [3.63, 3.8) is 0 Å². The van der Waals surface area contributed by atoms with Gasteiger partial charge < -0.3 is 15.5 Å². The summed E-state index contributed by atoms with van der Waals surface area (Å²) in [5.41, 5.74) is 0.892. The number of hydrogen-bond acceptors (Lipinski definition) is 6. The van der Waals surface area contributed by atoms with Crippen LogP contribution in [0, 0.1) is 0 Å². The van der Waals surface area contributed by atoms with Gasteiger partial charge in [0, 0.05) is 18.7 Å². The Morgan fingerprint density at radius 1 is 1.23 bits per heavy atom. The molecule has 0 atom stereocenters. The lowest BCUT2D eigenvalue weighted by atomic mass is 10.2. The molecule has 0 bridgehead atoms. The molecule has 1 aliphatic rings. The van der Waals surface area contributed by atoms with Gasteiger partial charge in [-0.25, -0.2) is 4.68 Å². The van der Waals surface area contributed by atoms with Gasteiger partial charge in [0.2, 0.25) is 11.1 Å². The lowest BCUT2D eigenvalue weighted by molar-refractivity contribution is -0.132. The Bertz CT molecular complexity index is 640. The van der Waals surface area contributed by atoms with Gasteiger partial charge in [-0.2, -0.15) is 0 Å². The highest BCUT2D eigenvalue weighted by atomic mass is 32.2. The number of amides is 1. The lowest BCUT2D eigenvalue weighted by Gasteiger charge is -2.26. The van der Waals surface area contributed by atoms with E-state index in [-0.39, 0.29) is 5.91 Å². The number of aromatic nitrogens is 3. The molecule has 1 aromatic carbocycles. The maximum Gasteiger partial charge on any atom is 0.233 e. The molecule has 1 amide bonds. The molecule has 0 spiro atoms. The highest BCUT2D eigenvalue weighted by Crippen LogP contribution is 2.21. The predicted molar refractivity (Wildman–Crippen MR) is 83.7 cm³/mol. The molecule has 0 unspecified atom stereocenters. The fourth-order valence-electron chi connectivity index (χ4n) is 2.19. The van der Waals surface area contributed by atoms with Crippen molar-refractivity contribution < 1.29 is 9.53 Å². The van der Waals surface area contributed by atoms with Gasteiger partial charge in [0.15, 0.2) is 5.82 Å². The van der Waals surface area contributed by atoms with Crippen molar-refractivity contribution in [2.24, 2.45) is 0 Å². The van der Waals surface area contributed by atoms with Crippen molar-refractivity contribution >= 4 is 17.7 Å². The number of hydrogen-bond donors (Lipinski definition) is 1. The van der Waals surface area contributed by atoms with Crippen LogP contribution in [0.15, 0.2) is 35.5 Å². The van der Waals surface area contributed by atoms with E-state index in [4.69, 9.17) is 10.6 Å². The number of nitrogens with two attached hydrogens (primary N) is 1. The van der Waals surface area contributed by atoms with Crippen molar-refractivity contribution in [2.75, 3.05) is 37.9 Å². The Morgan fingerprint density at radius 3 is 2.68 bits per heavy atom. The number of benzene rings is 1. The minimum atomic E-state index is 0.0672. The van der Waals surface area contributed by atoms with Gasteiger partial charge in [-0.05, 0) is 0 Å². The van der Waals surface area contributed by atoms with Gasteiger partial charge in [-0.1, -0.05) is 42.1 Å². The first-order chi connectivity index (χ1) is 10.8. The third kappa shape index (κ3) is 3.23. The average Bonchev–Trinajstić information content (AvgIpc) is 2.95. The summed E-state index contributed by atoms with van der Waals surface area (Å²) in [5, 5.41) is 8.69. The van der Waals surface area contributed by atoms with Crippen LogP contribution in [0.1, 0.15) is 0 Å². The average molecular weight is 319 g/mol. The second kappa shape index (κ2) is 6.80. The van der Waals surface area contributed by atoms with Crippen LogP contribution in [-0.4, -0.2) is 57.7 Å². The maximum atomic E-state index is 12.1. The topological polar surface area (TPSA) is 86.3 Å². The van der Waals surface area contributed by atoms with E-state index in [0.29, 0.717) is 43.0 Å². The van der Waals surface area contributed by atoms with Crippen molar-refractivity contribution in [3.8, 4) is 11.4 Å². The number of morpholine rings is 1. The van der Waals surface area contributed by atoms with Crippen LogP contribution in [-0.2, 0) is 9.53 Å². The molecule has 2 N–H and O–H groups in total. The number of carbonyl (C=O) groups is 1. The number of carbonyl (C=O) groups excluding carboxylic acids is 1. The molecular weight excluding hydrogens is 302 g/mol. The third-order valence-corrected chi connectivity index (χ3v) is 4.31. The number of ether oxygens (including phenoxy) is 1. The van der Waals surface area contributed by atoms with Crippen LogP contribution in [0.25, 0.3) is 11.4 Å². The molecule has 7 nitrogen and oxygen atoms in total. The van der Waals surface area contributed by atoms with E-state index in [0.717, 1.165) is 5.56 Å². The molecule has 0 saturated carbocycles. The molecular formula is C14H17N5O2S. The van der Waals surface area contributed by atoms with Gasteiger partial charge in [-0.3, -0.25) is 4.79 Å². The molecule has 1 saturated heterocycles. The Morgan fingerprint density at radius 2 is 1.95 bits per heavy atom. The van der Waals surface area contributed by atoms with Crippen LogP contribution < -0.4 is 5.84 Å². The van der Waals surface area contributed by atoms with Gasteiger partial charge >= 0.3 is 0 Å². The molecule has 2 aromatic rings. The minimum absolute atomic E-state index is 0.0672. The van der Waals surface area contributed by atoms with Crippen LogP contribution >= 0.6 is 11.8 Å². The van der Waals surface area contributed by atoms with Gasteiger partial charge in [-0.15, -0.1) is 10.2 Å². The molecule has 2 heterocycles. The van der Waals surface area contributed by atoms with E-state index in [2.05, 4.69) is 10.2 Å². The Kier molecular flexibility index (Phi) is 4.59. The SMILES string of the molecule is Nn1c(SCC(=O)N2CCOCC2)nnc1-c1ccccc1. The summed E-state index contributed by atoms with van der Waals surface area (Å²) < 4.78 is 6.66. The van der Waals surface area contributed by atoms with Gasteiger partial charge in [0.05, 0.1) is 19.0 Å². The van der Waals surface area contributed by atoms with E-state index >= 15 is 0 Å². The summed E-state index contributed by atoms with van der Waals surface area (Å²) in [5.74, 6) is 6.97. The highest BCUT2D eigenvalue weighted by molar-refractivity contribution is 7.99.